The minimum absolute atomic E-state index is 0.0807. The maximum absolute atomic E-state index is 12.1. The van der Waals surface area contributed by atoms with Crippen molar-refractivity contribution in [3.05, 3.63) is 53.7 Å². The summed E-state index contributed by atoms with van der Waals surface area (Å²) >= 11 is 0. The third kappa shape index (κ3) is 8.11. The number of carbonyl (C=O) groups excluding carboxylic acids is 1. The lowest BCUT2D eigenvalue weighted by Gasteiger charge is -2.13. The Bertz CT molecular complexity index is 803. The van der Waals surface area contributed by atoms with E-state index in [2.05, 4.69) is 45.0 Å². The predicted molar refractivity (Wildman–Crippen MR) is 122 cm³/mol. The topological polar surface area (TPSA) is 87.6 Å². The summed E-state index contributed by atoms with van der Waals surface area (Å²) in [7, 11) is 1.67. The summed E-state index contributed by atoms with van der Waals surface area (Å²) in [5.41, 5.74) is 2.33. The Morgan fingerprint density at radius 1 is 1.17 bits per heavy atom. The van der Waals surface area contributed by atoms with E-state index in [0.29, 0.717) is 31.2 Å². The maximum atomic E-state index is 12.1. The van der Waals surface area contributed by atoms with Gasteiger partial charge in [-0.15, -0.1) is 0 Å². The van der Waals surface area contributed by atoms with Gasteiger partial charge in [0.25, 0.3) is 0 Å². The molecule has 1 amide bonds. The normalized spacial score (nSPS) is 12.2. The molecule has 3 N–H and O–H groups in total. The minimum Gasteiger partial charge on any atom is -0.497 e. The fourth-order valence-electron chi connectivity index (χ4n) is 2.85. The molecule has 0 saturated heterocycles. The second-order valence-corrected chi connectivity index (χ2v) is 7.17. The number of pyridine rings is 1. The second-order valence-electron chi connectivity index (χ2n) is 7.17. The highest BCUT2D eigenvalue weighted by Crippen LogP contribution is 2.21. The number of hydrogen-bond donors (Lipinski definition) is 3. The Labute approximate surface area is 179 Å². The van der Waals surface area contributed by atoms with Gasteiger partial charge >= 0.3 is 0 Å². The van der Waals surface area contributed by atoms with Gasteiger partial charge in [0.2, 0.25) is 5.91 Å². The average molecular weight is 412 g/mol. The molecule has 1 aromatic heterocycles. The van der Waals surface area contributed by atoms with Gasteiger partial charge in [0, 0.05) is 32.3 Å². The summed E-state index contributed by atoms with van der Waals surface area (Å²) in [6.07, 6.45) is 3.00. The van der Waals surface area contributed by atoms with Gasteiger partial charge in [0.05, 0.1) is 7.11 Å². The van der Waals surface area contributed by atoms with Crippen LogP contribution >= 0.6 is 0 Å². The van der Waals surface area contributed by atoms with Crippen molar-refractivity contribution in [2.24, 2.45) is 4.99 Å². The molecule has 162 valence electrons. The van der Waals surface area contributed by atoms with Gasteiger partial charge < -0.3 is 20.7 Å². The molecule has 0 fully saturated rings. The number of nitrogens with one attached hydrogen (secondary N) is 3. The number of rotatable bonds is 10. The molecule has 0 aliphatic carbocycles. The molecule has 0 aliphatic heterocycles. The molecule has 30 heavy (non-hydrogen) atoms. The van der Waals surface area contributed by atoms with E-state index >= 15 is 0 Å². The third-order valence-corrected chi connectivity index (χ3v) is 4.68. The molecule has 0 spiro atoms. The number of nitrogens with zero attached hydrogens (tertiary/aromatic N) is 2. The van der Waals surface area contributed by atoms with Gasteiger partial charge in [0.15, 0.2) is 5.96 Å². The van der Waals surface area contributed by atoms with E-state index in [1.165, 1.54) is 5.56 Å². The number of guanidine groups is 1. The molecule has 1 heterocycles. The van der Waals surface area contributed by atoms with Gasteiger partial charge in [0.1, 0.15) is 11.6 Å². The molecular weight excluding hydrogens is 378 g/mol. The maximum Gasteiger partial charge on any atom is 0.227 e. The molecule has 0 radical (unpaired) electrons. The van der Waals surface area contributed by atoms with Crippen LogP contribution in [0.4, 0.5) is 5.82 Å². The van der Waals surface area contributed by atoms with Crippen LogP contribution in [0.1, 0.15) is 43.7 Å². The monoisotopic (exact) mass is 411 g/mol. The van der Waals surface area contributed by atoms with E-state index in [1.807, 2.05) is 32.0 Å². The molecule has 1 unspecified atom stereocenters. The number of anilines is 1. The van der Waals surface area contributed by atoms with Gasteiger partial charge in [-0.05, 0) is 55.5 Å². The van der Waals surface area contributed by atoms with Crippen LogP contribution in [-0.2, 0) is 4.79 Å². The summed E-state index contributed by atoms with van der Waals surface area (Å²) in [4.78, 5) is 20.9. The average Bonchev–Trinajstić information content (AvgIpc) is 2.75. The zero-order valence-electron chi connectivity index (χ0n) is 18.4. The smallest absolute Gasteiger partial charge is 0.227 e. The van der Waals surface area contributed by atoms with Crippen LogP contribution in [0, 0.1) is 6.92 Å². The fourth-order valence-corrected chi connectivity index (χ4v) is 2.85. The van der Waals surface area contributed by atoms with Gasteiger partial charge in [-0.2, -0.15) is 0 Å². The van der Waals surface area contributed by atoms with Crippen LogP contribution in [0.2, 0.25) is 0 Å². The summed E-state index contributed by atoms with van der Waals surface area (Å²) in [6, 6.07) is 11.9. The number of benzene rings is 1. The van der Waals surface area contributed by atoms with E-state index in [0.717, 1.165) is 30.2 Å². The number of amides is 1. The minimum atomic E-state index is -0.0807. The standard InChI is InChI=1S/C23H33N5O2/c1-5-24-23(25-14-12-18(3)19-7-9-20(30-4)10-8-19)26-15-13-22(29)28-21-11-6-17(2)16-27-21/h6-11,16,18H,5,12-15H2,1-4H3,(H2,24,25,26)(H,27,28,29). The Morgan fingerprint density at radius 2 is 1.93 bits per heavy atom. The van der Waals surface area contributed by atoms with Crippen molar-refractivity contribution in [2.45, 2.75) is 39.5 Å². The van der Waals surface area contributed by atoms with E-state index in [1.54, 1.807) is 19.4 Å². The van der Waals surface area contributed by atoms with Crippen LogP contribution in [0.25, 0.3) is 0 Å². The Morgan fingerprint density at radius 3 is 2.57 bits per heavy atom. The highest BCUT2D eigenvalue weighted by Gasteiger charge is 2.07. The lowest BCUT2D eigenvalue weighted by Crippen LogP contribution is -2.38. The molecule has 0 saturated carbocycles. The predicted octanol–water partition coefficient (Wildman–Crippen LogP) is 3.48. The van der Waals surface area contributed by atoms with E-state index < -0.39 is 0 Å². The van der Waals surface area contributed by atoms with Crippen LogP contribution < -0.4 is 20.7 Å². The van der Waals surface area contributed by atoms with Crippen LogP contribution in [0.5, 0.6) is 5.75 Å². The fraction of sp³-hybridized carbons (Fsp3) is 0.435. The van der Waals surface area contributed by atoms with Crippen LogP contribution in [0.15, 0.2) is 47.6 Å². The van der Waals surface area contributed by atoms with Crippen molar-refractivity contribution in [3.8, 4) is 5.75 Å². The van der Waals surface area contributed by atoms with Crippen molar-refractivity contribution in [2.75, 3.05) is 32.1 Å². The molecule has 0 aliphatic rings. The van der Waals surface area contributed by atoms with Crippen LogP contribution in [-0.4, -0.2) is 43.6 Å². The number of aliphatic imine (C=N–C) groups is 1. The summed E-state index contributed by atoms with van der Waals surface area (Å²) < 4.78 is 5.21. The summed E-state index contributed by atoms with van der Waals surface area (Å²) in [5.74, 6) is 2.47. The number of carbonyl (C=O) groups is 1. The van der Waals surface area contributed by atoms with Crippen molar-refractivity contribution in [1.82, 2.24) is 15.6 Å². The number of hydrogen-bond acceptors (Lipinski definition) is 4. The first-order valence-corrected chi connectivity index (χ1v) is 10.4. The van der Waals surface area contributed by atoms with Crippen molar-refractivity contribution >= 4 is 17.7 Å². The first-order valence-electron chi connectivity index (χ1n) is 10.4. The SMILES string of the molecule is CCNC(=NCCC(C)c1ccc(OC)cc1)NCCC(=O)Nc1ccc(C)cn1. The summed E-state index contributed by atoms with van der Waals surface area (Å²) in [5, 5.41) is 9.24. The molecule has 7 nitrogen and oxygen atoms in total. The first-order chi connectivity index (χ1) is 14.5. The molecule has 2 aromatic rings. The van der Waals surface area contributed by atoms with E-state index in [9.17, 15) is 4.79 Å². The summed E-state index contributed by atoms with van der Waals surface area (Å²) in [6.45, 7) is 8.13. The number of aromatic nitrogens is 1. The van der Waals surface area contributed by atoms with Crippen molar-refractivity contribution in [3.63, 3.8) is 0 Å². The molecule has 1 atom stereocenters. The lowest BCUT2D eigenvalue weighted by atomic mass is 9.98. The Balaban J connectivity index is 1.76. The zero-order chi connectivity index (χ0) is 21.8. The second kappa shape index (κ2) is 12.5. The largest absolute Gasteiger partial charge is 0.497 e. The number of ether oxygens (including phenoxy) is 1. The van der Waals surface area contributed by atoms with E-state index in [4.69, 9.17) is 4.74 Å². The Hall–Kier alpha value is -3.09. The first kappa shape index (κ1) is 23.2. The Kier molecular flexibility index (Phi) is 9.64. The lowest BCUT2D eigenvalue weighted by molar-refractivity contribution is -0.116. The number of methoxy groups -OCH3 is 1. The molecule has 2 rings (SSSR count). The van der Waals surface area contributed by atoms with Crippen molar-refractivity contribution < 1.29 is 9.53 Å². The zero-order valence-corrected chi connectivity index (χ0v) is 18.4. The van der Waals surface area contributed by atoms with Gasteiger partial charge in [-0.3, -0.25) is 9.79 Å². The van der Waals surface area contributed by atoms with E-state index in [-0.39, 0.29) is 5.91 Å². The molecule has 7 heteroatoms. The van der Waals surface area contributed by atoms with Gasteiger partial charge in [-0.1, -0.05) is 25.1 Å². The van der Waals surface area contributed by atoms with Crippen molar-refractivity contribution in [1.29, 1.82) is 0 Å². The number of aryl methyl sites for hydroxylation is 1. The molecular formula is C23H33N5O2. The highest BCUT2D eigenvalue weighted by atomic mass is 16.5. The van der Waals surface area contributed by atoms with Gasteiger partial charge in [-0.25, -0.2) is 4.98 Å². The highest BCUT2D eigenvalue weighted by molar-refractivity contribution is 5.90. The molecule has 0 bridgehead atoms. The molecule has 1 aromatic carbocycles. The van der Waals surface area contributed by atoms with Crippen LogP contribution in [0.3, 0.4) is 0 Å². The third-order valence-electron chi connectivity index (χ3n) is 4.68. The quantitative estimate of drug-likeness (QED) is 0.412.